The molecule has 0 aromatic carbocycles. The van der Waals surface area contributed by atoms with Gasteiger partial charge in [-0.1, -0.05) is 22.9 Å². The van der Waals surface area contributed by atoms with E-state index < -0.39 is 0 Å². The maximum absolute atomic E-state index is 5.75. The Hall–Kier alpha value is -0.320. The van der Waals surface area contributed by atoms with Gasteiger partial charge in [0.25, 0.3) is 0 Å². The lowest BCUT2D eigenvalue weighted by molar-refractivity contribution is 0.0777. The fraction of sp³-hybridized carbons (Fsp3) is 0.571. The maximum atomic E-state index is 5.75. The van der Waals surface area contributed by atoms with E-state index in [1.165, 1.54) is 11.3 Å². The zero-order chi connectivity index (χ0) is 8.39. The molecule has 1 fully saturated rings. The third-order valence-corrected chi connectivity index (χ3v) is 2.80. The third-order valence-electron chi connectivity index (χ3n) is 1.68. The van der Waals surface area contributed by atoms with Crippen LogP contribution in [0.25, 0.3) is 0 Å². The first-order valence-electron chi connectivity index (χ1n) is 3.88. The van der Waals surface area contributed by atoms with Gasteiger partial charge in [-0.2, -0.15) is 0 Å². The maximum Gasteiger partial charge on any atom is 0.210 e. The Kier molecular flexibility index (Phi) is 2.48. The number of hydroxylamine groups is 1. The molecule has 2 rings (SSSR count). The van der Waals surface area contributed by atoms with Crippen LogP contribution in [-0.4, -0.2) is 18.1 Å². The Morgan fingerprint density at radius 2 is 2.50 bits per heavy atom. The van der Waals surface area contributed by atoms with E-state index in [0.29, 0.717) is 4.34 Å². The van der Waals surface area contributed by atoms with Crippen LogP contribution >= 0.6 is 22.9 Å². The van der Waals surface area contributed by atoms with Crippen LogP contribution in [0.4, 0.5) is 5.13 Å². The summed E-state index contributed by atoms with van der Waals surface area (Å²) in [6.45, 7) is 1.71. The quantitative estimate of drug-likeness (QED) is 0.702. The molecule has 0 atom stereocenters. The first-order chi connectivity index (χ1) is 5.86. The van der Waals surface area contributed by atoms with Gasteiger partial charge in [0, 0.05) is 6.54 Å². The normalized spacial score (nSPS) is 18.2. The van der Waals surface area contributed by atoms with Crippen LogP contribution in [0.3, 0.4) is 0 Å². The van der Waals surface area contributed by atoms with Crippen molar-refractivity contribution in [2.75, 3.05) is 18.2 Å². The number of thiazole rings is 1. The molecule has 0 saturated carbocycles. The van der Waals surface area contributed by atoms with Gasteiger partial charge in [-0.25, -0.2) is 10.0 Å². The summed E-state index contributed by atoms with van der Waals surface area (Å²) in [4.78, 5) is 9.53. The largest absolute Gasteiger partial charge is 0.271 e. The zero-order valence-corrected chi connectivity index (χ0v) is 8.07. The van der Waals surface area contributed by atoms with Crippen molar-refractivity contribution in [3.05, 3.63) is 10.5 Å². The predicted molar refractivity (Wildman–Crippen MR) is 49.7 cm³/mol. The third kappa shape index (κ3) is 1.71. The highest BCUT2D eigenvalue weighted by atomic mass is 35.5. The summed E-state index contributed by atoms with van der Waals surface area (Å²) < 4.78 is 0.708. The van der Waals surface area contributed by atoms with E-state index in [9.17, 15) is 0 Å². The lowest BCUT2D eigenvalue weighted by Crippen LogP contribution is -2.29. The summed E-state index contributed by atoms with van der Waals surface area (Å²) in [5.41, 5.74) is 0. The average Bonchev–Trinajstić information content (AvgIpc) is 2.54. The molecule has 3 nitrogen and oxygen atoms in total. The summed E-state index contributed by atoms with van der Waals surface area (Å²) in [5.74, 6) is 0. The molecule has 0 radical (unpaired) electrons. The van der Waals surface area contributed by atoms with Crippen LogP contribution in [0.2, 0.25) is 4.34 Å². The van der Waals surface area contributed by atoms with Crippen LogP contribution in [0.1, 0.15) is 12.8 Å². The van der Waals surface area contributed by atoms with E-state index in [4.69, 9.17) is 16.4 Å². The Morgan fingerprint density at radius 3 is 3.08 bits per heavy atom. The van der Waals surface area contributed by atoms with Gasteiger partial charge in [0.2, 0.25) is 5.13 Å². The smallest absolute Gasteiger partial charge is 0.210 e. The fourth-order valence-electron chi connectivity index (χ4n) is 1.11. The van der Waals surface area contributed by atoms with Crippen molar-refractivity contribution in [3.8, 4) is 0 Å². The number of halogens is 1. The van der Waals surface area contributed by atoms with E-state index in [2.05, 4.69) is 4.98 Å². The van der Waals surface area contributed by atoms with Crippen LogP contribution < -0.4 is 5.06 Å². The van der Waals surface area contributed by atoms with Crippen LogP contribution in [-0.2, 0) is 4.84 Å². The van der Waals surface area contributed by atoms with Crippen LogP contribution in [0.5, 0.6) is 0 Å². The second-order valence-corrected chi connectivity index (χ2v) is 4.23. The first-order valence-corrected chi connectivity index (χ1v) is 5.07. The molecule has 5 heteroatoms. The topological polar surface area (TPSA) is 25.4 Å². The van der Waals surface area contributed by atoms with Crippen LogP contribution in [0, 0.1) is 0 Å². The molecular weight excluding hydrogens is 196 g/mol. The molecule has 0 unspecified atom stereocenters. The highest BCUT2D eigenvalue weighted by Crippen LogP contribution is 2.27. The van der Waals surface area contributed by atoms with Gasteiger partial charge < -0.3 is 0 Å². The second-order valence-electron chi connectivity index (χ2n) is 2.59. The molecule has 66 valence electrons. The lowest BCUT2D eigenvalue weighted by Gasteiger charge is -2.24. The summed E-state index contributed by atoms with van der Waals surface area (Å²) >= 11 is 7.20. The van der Waals surface area contributed by atoms with Crippen molar-refractivity contribution in [1.29, 1.82) is 0 Å². The molecular formula is C7H9ClN2OS. The molecule has 0 aliphatic carbocycles. The van der Waals surface area contributed by atoms with Gasteiger partial charge in [0.15, 0.2) is 0 Å². The standard InChI is InChI=1S/C7H9ClN2OS/c8-6-5-9-7(12-6)10-3-1-2-4-11-10/h5H,1-4H2. The SMILES string of the molecule is Clc1cnc(N2CCCCO2)s1. The molecule has 0 bridgehead atoms. The highest BCUT2D eigenvalue weighted by Gasteiger charge is 2.14. The molecule has 0 spiro atoms. The summed E-state index contributed by atoms with van der Waals surface area (Å²) in [7, 11) is 0. The van der Waals surface area contributed by atoms with Gasteiger partial charge in [-0.15, -0.1) is 0 Å². The van der Waals surface area contributed by atoms with E-state index in [1.54, 1.807) is 6.20 Å². The minimum atomic E-state index is 0.708. The average molecular weight is 205 g/mol. The number of rotatable bonds is 1. The Bertz CT molecular complexity index is 260. The number of hydrogen-bond acceptors (Lipinski definition) is 4. The number of anilines is 1. The molecule has 0 amide bonds. The Labute approximate surface area is 79.9 Å². The number of nitrogens with zero attached hydrogens (tertiary/aromatic N) is 2. The predicted octanol–water partition coefficient (Wildman–Crippen LogP) is 2.33. The van der Waals surface area contributed by atoms with Gasteiger partial charge in [-0.05, 0) is 12.8 Å². The molecule has 2 heterocycles. The van der Waals surface area contributed by atoms with Crippen molar-refractivity contribution in [3.63, 3.8) is 0 Å². The van der Waals surface area contributed by atoms with Crippen LogP contribution in [0.15, 0.2) is 6.20 Å². The van der Waals surface area contributed by atoms with Gasteiger partial charge in [-0.3, -0.25) is 4.84 Å². The van der Waals surface area contributed by atoms with E-state index in [0.717, 1.165) is 31.1 Å². The van der Waals surface area contributed by atoms with E-state index in [-0.39, 0.29) is 0 Å². The Morgan fingerprint density at radius 1 is 1.58 bits per heavy atom. The highest BCUT2D eigenvalue weighted by molar-refractivity contribution is 7.19. The summed E-state index contributed by atoms with van der Waals surface area (Å²) in [6.07, 6.45) is 3.95. The zero-order valence-electron chi connectivity index (χ0n) is 6.49. The fourth-order valence-corrected chi connectivity index (χ4v) is 2.00. The van der Waals surface area contributed by atoms with Gasteiger partial charge >= 0.3 is 0 Å². The van der Waals surface area contributed by atoms with Gasteiger partial charge in [0.05, 0.1) is 12.8 Å². The first kappa shape index (κ1) is 8.29. The molecule has 1 aliphatic rings. The van der Waals surface area contributed by atoms with Crippen molar-refractivity contribution in [2.45, 2.75) is 12.8 Å². The van der Waals surface area contributed by atoms with Gasteiger partial charge in [0.1, 0.15) is 4.34 Å². The summed E-state index contributed by atoms with van der Waals surface area (Å²) in [5, 5.41) is 2.68. The minimum absolute atomic E-state index is 0.708. The molecule has 12 heavy (non-hydrogen) atoms. The second kappa shape index (κ2) is 3.60. The molecule has 1 aromatic rings. The monoisotopic (exact) mass is 204 g/mol. The van der Waals surface area contributed by atoms with Crippen molar-refractivity contribution in [2.24, 2.45) is 0 Å². The Balaban J connectivity index is 2.08. The minimum Gasteiger partial charge on any atom is -0.271 e. The molecule has 0 N–H and O–H groups in total. The lowest BCUT2D eigenvalue weighted by atomic mass is 10.3. The summed E-state index contributed by atoms with van der Waals surface area (Å²) in [6, 6.07) is 0. The van der Waals surface area contributed by atoms with Crippen molar-refractivity contribution < 1.29 is 4.84 Å². The van der Waals surface area contributed by atoms with Crippen molar-refractivity contribution >= 4 is 28.1 Å². The molecule has 1 aromatic heterocycles. The number of hydrogen-bond donors (Lipinski definition) is 0. The van der Waals surface area contributed by atoms with E-state index >= 15 is 0 Å². The van der Waals surface area contributed by atoms with E-state index in [1.807, 2.05) is 5.06 Å². The molecule has 1 saturated heterocycles. The molecule has 1 aliphatic heterocycles. The van der Waals surface area contributed by atoms with Crippen molar-refractivity contribution in [1.82, 2.24) is 4.98 Å². The number of aromatic nitrogens is 1.